The van der Waals surface area contributed by atoms with Crippen molar-refractivity contribution in [2.24, 2.45) is 5.92 Å². The second kappa shape index (κ2) is 9.97. The number of carbonyl (C=O) groups is 1. The van der Waals surface area contributed by atoms with E-state index in [9.17, 15) is 24.6 Å². The second-order valence-electron chi connectivity index (χ2n) is 8.92. The summed E-state index contributed by atoms with van der Waals surface area (Å²) in [5.74, 6) is -0.441. The van der Waals surface area contributed by atoms with Crippen LogP contribution in [0.1, 0.15) is 56.3 Å². The number of aromatic nitrogens is 3. The summed E-state index contributed by atoms with van der Waals surface area (Å²) < 4.78 is 1.87. The molecule has 3 N–H and O–H groups in total. The third kappa shape index (κ3) is 5.85. The first-order valence-corrected chi connectivity index (χ1v) is 11.1. The van der Waals surface area contributed by atoms with Crippen LogP contribution >= 0.6 is 11.6 Å². The van der Waals surface area contributed by atoms with E-state index in [1.54, 1.807) is 0 Å². The van der Waals surface area contributed by atoms with Gasteiger partial charge in [-0.25, -0.2) is 4.79 Å². The van der Waals surface area contributed by atoms with Gasteiger partial charge in [-0.3, -0.25) is 14.2 Å². The first kappa shape index (κ1) is 24.2. The van der Waals surface area contributed by atoms with E-state index in [4.69, 9.17) is 11.6 Å². The van der Waals surface area contributed by atoms with Gasteiger partial charge in [0.05, 0.1) is 34.5 Å². The van der Waals surface area contributed by atoms with Gasteiger partial charge in [0.25, 0.3) is 11.5 Å². The van der Waals surface area contributed by atoms with Crippen LogP contribution in [-0.4, -0.2) is 48.7 Å². The van der Waals surface area contributed by atoms with Gasteiger partial charge in [0.1, 0.15) is 6.20 Å². The highest BCUT2D eigenvalue weighted by Crippen LogP contribution is 2.24. The number of halogens is 1. The Labute approximate surface area is 190 Å². The van der Waals surface area contributed by atoms with Crippen molar-refractivity contribution in [1.82, 2.24) is 19.7 Å². The van der Waals surface area contributed by atoms with E-state index in [0.717, 1.165) is 47.5 Å². The summed E-state index contributed by atoms with van der Waals surface area (Å²) >= 11 is 6.23. The molecular weight excluding hydrogens is 436 g/mol. The maximum absolute atomic E-state index is 12.8. The van der Waals surface area contributed by atoms with Crippen LogP contribution in [0.3, 0.4) is 0 Å². The van der Waals surface area contributed by atoms with Crippen molar-refractivity contribution in [3.63, 3.8) is 0 Å². The average molecular weight is 465 g/mol. The lowest BCUT2D eigenvalue weighted by Gasteiger charge is -2.21. The SMILES string of the molecule is CC(C)(O)Cn1c(=O)cnn(-c2ccc(Cl)c(C(=O)NCC3CCCCCC3O)c2)c1=O. The lowest BCUT2D eigenvalue weighted by atomic mass is 9.97. The Morgan fingerprint density at radius 3 is 2.69 bits per heavy atom. The first-order chi connectivity index (χ1) is 15.1. The van der Waals surface area contributed by atoms with Crippen molar-refractivity contribution in [3.05, 3.63) is 55.8 Å². The highest BCUT2D eigenvalue weighted by molar-refractivity contribution is 6.33. The molecule has 1 aromatic carbocycles. The summed E-state index contributed by atoms with van der Waals surface area (Å²) in [4.78, 5) is 37.7. The molecule has 32 heavy (non-hydrogen) atoms. The Kier molecular flexibility index (Phi) is 7.53. The van der Waals surface area contributed by atoms with Gasteiger partial charge < -0.3 is 15.5 Å². The highest BCUT2D eigenvalue weighted by atomic mass is 35.5. The number of aliphatic hydroxyl groups is 2. The monoisotopic (exact) mass is 464 g/mol. The van der Waals surface area contributed by atoms with E-state index in [0.29, 0.717) is 6.54 Å². The van der Waals surface area contributed by atoms with Gasteiger partial charge in [0.2, 0.25) is 0 Å². The highest BCUT2D eigenvalue weighted by Gasteiger charge is 2.23. The van der Waals surface area contributed by atoms with Crippen molar-refractivity contribution < 1.29 is 15.0 Å². The lowest BCUT2D eigenvalue weighted by molar-refractivity contribution is 0.0585. The number of nitrogens with zero attached hydrogens (tertiary/aromatic N) is 3. The quantitative estimate of drug-likeness (QED) is 0.556. The Hall–Kier alpha value is -2.49. The molecule has 2 atom stereocenters. The zero-order chi connectivity index (χ0) is 23.5. The molecule has 0 saturated heterocycles. The van der Waals surface area contributed by atoms with Crippen LogP contribution in [0, 0.1) is 5.92 Å². The molecule has 0 aliphatic heterocycles. The molecule has 1 aromatic heterocycles. The van der Waals surface area contributed by atoms with Gasteiger partial charge in [-0.1, -0.05) is 30.9 Å². The minimum atomic E-state index is -1.28. The molecule has 2 unspecified atom stereocenters. The van der Waals surface area contributed by atoms with E-state index >= 15 is 0 Å². The molecule has 1 aliphatic carbocycles. The van der Waals surface area contributed by atoms with Gasteiger partial charge >= 0.3 is 5.69 Å². The van der Waals surface area contributed by atoms with E-state index in [2.05, 4.69) is 10.4 Å². The van der Waals surface area contributed by atoms with Crippen molar-refractivity contribution in [3.8, 4) is 5.69 Å². The van der Waals surface area contributed by atoms with Gasteiger partial charge in [-0.15, -0.1) is 0 Å². The van der Waals surface area contributed by atoms with Crippen LogP contribution < -0.4 is 16.6 Å². The normalized spacial score (nSPS) is 19.4. The molecule has 2 aromatic rings. The molecule has 1 heterocycles. The Morgan fingerprint density at radius 1 is 1.25 bits per heavy atom. The number of benzene rings is 1. The van der Waals surface area contributed by atoms with Gasteiger partial charge in [0, 0.05) is 12.5 Å². The summed E-state index contributed by atoms with van der Waals surface area (Å²) in [6.07, 6.45) is 5.18. The van der Waals surface area contributed by atoms with Crippen molar-refractivity contribution in [2.45, 2.75) is 64.2 Å². The van der Waals surface area contributed by atoms with Crippen LogP contribution in [-0.2, 0) is 6.54 Å². The van der Waals surface area contributed by atoms with Gasteiger partial charge in [-0.2, -0.15) is 9.78 Å². The fourth-order valence-electron chi connectivity index (χ4n) is 3.89. The maximum Gasteiger partial charge on any atom is 0.352 e. The topological polar surface area (TPSA) is 126 Å². The van der Waals surface area contributed by atoms with Gasteiger partial charge in [0.15, 0.2) is 0 Å². The molecule has 0 radical (unpaired) electrons. The molecule has 3 rings (SSSR count). The number of aliphatic hydroxyl groups excluding tert-OH is 1. The minimum Gasteiger partial charge on any atom is -0.393 e. The third-order valence-electron chi connectivity index (χ3n) is 5.59. The fraction of sp³-hybridized carbons (Fsp3) is 0.545. The van der Waals surface area contributed by atoms with E-state index in [1.165, 1.54) is 32.0 Å². The molecular formula is C22H29ClN4O5. The molecule has 1 amide bonds. The van der Waals surface area contributed by atoms with Crippen LogP contribution in [0.15, 0.2) is 34.0 Å². The van der Waals surface area contributed by atoms with Crippen LogP contribution in [0.2, 0.25) is 5.02 Å². The lowest BCUT2D eigenvalue weighted by Crippen LogP contribution is -2.45. The predicted octanol–water partition coefficient (Wildman–Crippen LogP) is 1.49. The summed E-state index contributed by atoms with van der Waals surface area (Å²) in [5, 5.41) is 27.2. The predicted molar refractivity (Wildman–Crippen MR) is 120 cm³/mol. The standard InChI is InChI=1S/C22H29ClN4O5/c1-22(2,32)13-26-19(29)12-25-27(21(26)31)15-8-9-17(23)16(10-15)20(30)24-11-14-6-4-3-5-7-18(14)28/h8-10,12,14,18,28,32H,3-7,11,13H2,1-2H3,(H,24,30). The largest absolute Gasteiger partial charge is 0.393 e. The summed E-state index contributed by atoms with van der Waals surface area (Å²) in [6.45, 7) is 3.09. The number of rotatable bonds is 6. The summed E-state index contributed by atoms with van der Waals surface area (Å²) in [7, 11) is 0. The zero-order valence-corrected chi connectivity index (χ0v) is 19.0. The third-order valence-corrected chi connectivity index (χ3v) is 5.92. The molecule has 1 saturated carbocycles. The molecule has 1 aliphatic rings. The summed E-state index contributed by atoms with van der Waals surface area (Å²) in [5.41, 5.74) is -2.25. The summed E-state index contributed by atoms with van der Waals surface area (Å²) in [6, 6.07) is 4.42. The fourth-order valence-corrected chi connectivity index (χ4v) is 4.09. The van der Waals surface area contributed by atoms with Crippen molar-refractivity contribution in [2.75, 3.05) is 6.54 Å². The average Bonchev–Trinajstić information content (AvgIpc) is 2.93. The second-order valence-corrected chi connectivity index (χ2v) is 9.32. The zero-order valence-electron chi connectivity index (χ0n) is 18.3. The molecule has 10 heteroatoms. The maximum atomic E-state index is 12.8. The molecule has 174 valence electrons. The number of amides is 1. The molecule has 0 spiro atoms. The van der Waals surface area contributed by atoms with E-state index in [1.807, 2.05) is 0 Å². The number of nitrogens with one attached hydrogen (secondary N) is 1. The van der Waals surface area contributed by atoms with Crippen molar-refractivity contribution in [1.29, 1.82) is 0 Å². The smallest absolute Gasteiger partial charge is 0.352 e. The number of hydrogen-bond donors (Lipinski definition) is 3. The number of hydrogen-bond acceptors (Lipinski definition) is 6. The Morgan fingerprint density at radius 2 is 1.97 bits per heavy atom. The van der Waals surface area contributed by atoms with E-state index in [-0.39, 0.29) is 28.7 Å². The van der Waals surface area contributed by atoms with Gasteiger partial charge in [-0.05, 0) is 44.9 Å². The molecule has 9 nitrogen and oxygen atoms in total. The van der Waals surface area contributed by atoms with Crippen LogP contribution in [0.5, 0.6) is 0 Å². The van der Waals surface area contributed by atoms with E-state index < -0.39 is 28.9 Å². The molecule has 1 fully saturated rings. The number of carbonyl (C=O) groups excluding carboxylic acids is 1. The first-order valence-electron chi connectivity index (χ1n) is 10.7. The minimum absolute atomic E-state index is 0.0157. The Bertz CT molecular complexity index is 1090. The Balaban J connectivity index is 1.86. The van der Waals surface area contributed by atoms with Crippen LogP contribution in [0.4, 0.5) is 0 Å². The van der Waals surface area contributed by atoms with Crippen LogP contribution in [0.25, 0.3) is 5.69 Å². The molecule has 0 bridgehead atoms. The van der Waals surface area contributed by atoms with Crippen molar-refractivity contribution >= 4 is 17.5 Å².